The molecule has 0 amide bonds. The second kappa shape index (κ2) is 5.43. The van der Waals surface area contributed by atoms with Gasteiger partial charge in [0.25, 0.3) is 0 Å². The van der Waals surface area contributed by atoms with E-state index in [0.29, 0.717) is 0 Å². The molecule has 0 unspecified atom stereocenters. The Balaban J connectivity index is 3.10. The third-order valence-electron chi connectivity index (χ3n) is 1.75. The van der Waals surface area contributed by atoms with Gasteiger partial charge in [0.05, 0.1) is 0 Å². The number of hydrogen-bond donors (Lipinski definition) is 0. The Morgan fingerprint density at radius 1 is 1.09 bits per heavy atom. The molecule has 0 atom stereocenters. The van der Waals surface area contributed by atoms with Crippen molar-refractivity contribution in [1.82, 2.24) is 0 Å². The molecule has 0 saturated heterocycles. The Labute approximate surface area is 72.4 Å². The van der Waals surface area contributed by atoms with Crippen molar-refractivity contribution in [3.63, 3.8) is 0 Å². The lowest BCUT2D eigenvalue weighted by Gasteiger charge is -2.14. The first-order valence-electron chi connectivity index (χ1n) is 4.50. The maximum absolute atomic E-state index is 5.16. The van der Waals surface area contributed by atoms with E-state index >= 15 is 0 Å². The Bertz CT molecular complexity index is 125. The average Bonchev–Trinajstić information content (AvgIpc) is 1.85. The molecule has 0 bridgehead atoms. The SMILES string of the molecule is C#CCCCCC[Si](C)(C)C. The molecular formula is C10H20Si. The normalized spacial score (nSPS) is 11.1. The highest BCUT2D eigenvalue weighted by atomic mass is 28.3. The van der Waals surface area contributed by atoms with Gasteiger partial charge in [-0.25, -0.2) is 0 Å². The maximum atomic E-state index is 5.16. The fourth-order valence-corrected chi connectivity index (χ4v) is 2.37. The molecule has 11 heavy (non-hydrogen) atoms. The minimum atomic E-state index is -0.769. The zero-order valence-corrected chi connectivity index (χ0v) is 9.11. The lowest BCUT2D eigenvalue weighted by molar-refractivity contribution is 0.730. The van der Waals surface area contributed by atoms with Crippen LogP contribution in [0, 0.1) is 12.3 Å². The van der Waals surface area contributed by atoms with E-state index in [1.165, 1.54) is 25.3 Å². The third kappa shape index (κ3) is 9.78. The Morgan fingerprint density at radius 3 is 2.18 bits per heavy atom. The molecular weight excluding hydrogens is 148 g/mol. The van der Waals surface area contributed by atoms with Crippen molar-refractivity contribution < 1.29 is 0 Å². The summed E-state index contributed by atoms with van der Waals surface area (Å²) in [5.74, 6) is 2.68. The summed E-state index contributed by atoms with van der Waals surface area (Å²) in [7, 11) is -0.769. The van der Waals surface area contributed by atoms with Gasteiger partial charge < -0.3 is 0 Å². The van der Waals surface area contributed by atoms with Crippen molar-refractivity contribution in [1.29, 1.82) is 0 Å². The van der Waals surface area contributed by atoms with Crippen LogP contribution in [0.3, 0.4) is 0 Å². The monoisotopic (exact) mass is 168 g/mol. The predicted octanol–water partition coefficient (Wildman–Crippen LogP) is 3.52. The summed E-state index contributed by atoms with van der Waals surface area (Å²) < 4.78 is 0. The van der Waals surface area contributed by atoms with Gasteiger partial charge in [-0.15, -0.1) is 12.3 Å². The molecule has 0 aliphatic heterocycles. The van der Waals surface area contributed by atoms with Crippen LogP contribution in [0.25, 0.3) is 0 Å². The fourth-order valence-electron chi connectivity index (χ4n) is 1.06. The van der Waals surface area contributed by atoms with Crippen molar-refractivity contribution in [2.75, 3.05) is 0 Å². The highest BCUT2D eigenvalue weighted by Crippen LogP contribution is 2.14. The van der Waals surface area contributed by atoms with Crippen molar-refractivity contribution in [2.24, 2.45) is 0 Å². The second-order valence-corrected chi connectivity index (χ2v) is 9.95. The van der Waals surface area contributed by atoms with Gasteiger partial charge in [-0.05, 0) is 6.42 Å². The van der Waals surface area contributed by atoms with Gasteiger partial charge >= 0.3 is 0 Å². The van der Waals surface area contributed by atoms with Crippen LogP contribution in [0.1, 0.15) is 25.7 Å². The summed E-state index contributed by atoms with van der Waals surface area (Å²) >= 11 is 0. The first-order chi connectivity index (χ1) is 5.06. The average molecular weight is 168 g/mol. The van der Waals surface area contributed by atoms with Gasteiger partial charge in [0.2, 0.25) is 0 Å². The van der Waals surface area contributed by atoms with Crippen LogP contribution in [0.4, 0.5) is 0 Å². The van der Waals surface area contributed by atoms with Crippen LogP contribution in [-0.4, -0.2) is 8.07 Å². The molecule has 0 aliphatic rings. The molecule has 0 aromatic heterocycles. The summed E-state index contributed by atoms with van der Waals surface area (Å²) in [6.45, 7) is 7.27. The molecule has 0 aromatic rings. The minimum absolute atomic E-state index is 0.769. The van der Waals surface area contributed by atoms with Gasteiger partial charge in [0.15, 0.2) is 0 Å². The minimum Gasteiger partial charge on any atom is -0.120 e. The largest absolute Gasteiger partial charge is 0.120 e. The lowest BCUT2D eigenvalue weighted by atomic mass is 10.2. The topological polar surface area (TPSA) is 0 Å². The van der Waals surface area contributed by atoms with Gasteiger partial charge in [-0.2, -0.15) is 0 Å². The third-order valence-corrected chi connectivity index (χ3v) is 3.60. The fraction of sp³-hybridized carbons (Fsp3) is 0.800. The molecule has 0 aliphatic carbocycles. The molecule has 0 saturated carbocycles. The molecule has 0 aromatic carbocycles. The van der Waals surface area contributed by atoms with Crippen LogP contribution in [0.5, 0.6) is 0 Å². The quantitative estimate of drug-likeness (QED) is 0.335. The summed E-state index contributed by atoms with van der Waals surface area (Å²) in [5.41, 5.74) is 0. The molecule has 0 N–H and O–H groups in total. The number of terminal acetylenes is 1. The second-order valence-electron chi connectivity index (χ2n) is 4.33. The van der Waals surface area contributed by atoms with E-state index in [-0.39, 0.29) is 0 Å². The van der Waals surface area contributed by atoms with Crippen molar-refractivity contribution in [3.05, 3.63) is 0 Å². The maximum Gasteiger partial charge on any atom is 0.0442 e. The van der Waals surface area contributed by atoms with Crippen LogP contribution < -0.4 is 0 Å². The molecule has 0 rings (SSSR count). The van der Waals surface area contributed by atoms with Gasteiger partial charge in [0, 0.05) is 14.5 Å². The molecule has 0 spiro atoms. The summed E-state index contributed by atoms with van der Waals surface area (Å²) in [6.07, 6.45) is 10.1. The van der Waals surface area contributed by atoms with Crippen LogP contribution in [0.15, 0.2) is 0 Å². The highest BCUT2D eigenvalue weighted by Gasteiger charge is 2.10. The Hall–Kier alpha value is -0.223. The van der Waals surface area contributed by atoms with Gasteiger partial charge in [-0.3, -0.25) is 0 Å². The van der Waals surface area contributed by atoms with Crippen LogP contribution in [-0.2, 0) is 0 Å². The number of rotatable bonds is 5. The molecule has 0 fully saturated rings. The smallest absolute Gasteiger partial charge is 0.0442 e. The van der Waals surface area contributed by atoms with Gasteiger partial charge in [-0.1, -0.05) is 38.5 Å². The van der Waals surface area contributed by atoms with E-state index in [1.807, 2.05) is 0 Å². The Kier molecular flexibility index (Phi) is 5.32. The van der Waals surface area contributed by atoms with Crippen molar-refractivity contribution in [2.45, 2.75) is 51.4 Å². The highest BCUT2D eigenvalue weighted by molar-refractivity contribution is 6.76. The first-order valence-corrected chi connectivity index (χ1v) is 8.20. The van der Waals surface area contributed by atoms with E-state index in [9.17, 15) is 0 Å². The zero-order valence-electron chi connectivity index (χ0n) is 8.11. The standard InChI is InChI=1S/C10H20Si/c1-5-6-7-8-9-10-11(2,3)4/h1H,6-10H2,2-4H3. The molecule has 1 heteroatoms. The number of unbranched alkanes of at least 4 members (excludes halogenated alkanes) is 3. The number of hydrogen-bond acceptors (Lipinski definition) is 0. The lowest BCUT2D eigenvalue weighted by Crippen LogP contribution is -2.18. The van der Waals surface area contributed by atoms with E-state index in [0.717, 1.165) is 6.42 Å². The predicted molar refractivity (Wildman–Crippen MR) is 55.5 cm³/mol. The molecule has 0 heterocycles. The molecule has 0 nitrogen and oxygen atoms in total. The first kappa shape index (κ1) is 10.8. The Morgan fingerprint density at radius 2 is 1.73 bits per heavy atom. The summed E-state index contributed by atoms with van der Waals surface area (Å²) in [4.78, 5) is 0. The van der Waals surface area contributed by atoms with E-state index in [1.54, 1.807) is 0 Å². The summed E-state index contributed by atoms with van der Waals surface area (Å²) in [6, 6.07) is 1.46. The zero-order chi connectivity index (χ0) is 8.74. The molecule has 0 radical (unpaired) electrons. The summed E-state index contributed by atoms with van der Waals surface area (Å²) in [5, 5.41) is 0. The van der Waals surface area contributed by atoms with E-state index in [2.05, 4.69) is 25.6 Å². The van der Waals surface area contributed by atoms with Gasteiger partial charge in [0.1, 0.15) is 0 Å². The van der Waals surface area contributed by atoms with E-state index in [4.69, 9.17) is 6.42 Å². The van der Waals surface area contributed by atoms with Crippen LogP contribution in [0.2, 0.25) is 25.7 Å². The van der Waals surface area contributed by atoms with E-state index < -0.39 is 8.07 Å². The van der Waals surface area contributed by atoms with Crippen LogP contribution >= 0.6 is 0 Å². The van der Waals surface area contributed by atoms with Crippen molar-refractivity contribution in [3.8, 4) is 12.3 Å². The molecule has 64 valence electrons. The van der Waals surface area contributed by atoms with Crippen molar-refractivity contribution >= 4 is 8.07 Å².